The zero-order valence-corrected chi connectivity index (χ0v) is 18.4. The molecule has 0 radical (unpaired) electrons. The van der Waals surface area contributed by atoms with Gasteiger partial charge in [-0.05, 0) is 43.0 Å². The monoisotopic (exact) mass is 450 g/mol. The number of hydrogen-bond acceptors (Lipinski definition) is 5. The number of carbonyl (C=O) groups is 2. The molecule has 170 valence electrons. The molecule has 0 saturated heterocycles. The first kappa shape index (κ1) is 25.2. The van der Waals surface area contributed by atoms with Gasteiger partial charge < -0.3 is 15.5 Å². The van der Waals surface area contributed by atoms with Crippen molar-refractivity contribution in [2.75, 3.05) is 13.2 Å². The van der Waals surface area contributed by atoms with E-state index in [1.165, 1.54) is 19.3 Å². The van der Waals surface area contributed by atoms with Crippen LogP contribution in [-0.4, -0.2) is 57.6 Å². The molecule has 7 nitrogen and oxygen atoms in total. The van der Waals surface area contributed by atoms with Crippen molar-refractivity contribution in [3.8, 4) is 11.8 Å². The van der Waals surface area contributed by atoms with Crippen molar-refractivity contribution in [3.05, 3.63) is 34.9 Å². The van der Waals surface area contributed by atoms with Crippen LogP contribution in [0.2, 0.25) is 5.02 Å². The maximum Gasteiger partial charge on any atom is 0.275 e. The van der Waals surface area contributed by atoms with Crippen LogP contribution in [0.4, 0.5) is 0 Å². The third-order valence-corrected chi connectivity index (χ3v) is 5.78. The fraction of sp³-hybridized carbons (Fsp3) is 0.565. The number of amides is 2. The van der Waals surface area contributed by atoms with Gasteiger partial charge in [-0.3, -0.25) is 14.8 Å². The number of hydroxylamine groups is 2. The highest BCUT2D eigenvalue weighted by Gasteiger charge is 2.29. The highest BCUT2D eigenvalue weighted by atomic mass is 35.5. The first-order valence-electron chi connectivity index (χ1n) is 10.7. The van der Waals surface area contributed by atoms with Gasteiger partial charge in [0.1, 0.15) is 6.10 Å². The van der Waals surface area contributed by atoms with Gasteiger partial charge in [0.25, 0.3) is 5.91 Å². The van der Waals surface area contributed by atoms with Crippen molar-refractivity contribution in [3.63, 3.8) is 0 Å². The number of benzene rings is 1. The molecular formula is C23H31ClN2O5. The van der Waals surface area contributed by atoms with Crippen molar-refractivity contribution >= 4 is 23.4 Å². The minimum Gasteiger partial charge on any atom is -0.394 e. The molecule has 2 rings (SSSR count). The Morgan fingerprint density at radius 1 is 1.19 bits per heavy atom. The molecule has 1 saturated carbocycles. The molecule has 1 aromatic rings. The quantitative estimate of drug-likeness (QED) is 0.262. The smallest absolute Gasteiger partial charge is 0.275 e. The number of aliphatic hydroxyl groups excluding tert-OH is 2. The minimum absolute atomic E-state index is 0.0475. The van der Waals surface area contributed by atoms with Crippen LogP contribution in [0, 0.1) is 17.8 Å². The van der Waals surface area contributed by atoms with Crippen LogP contribution >= 0.6 is 11.6 Å². The number of rotatable bonds is 9. The maximum absolute atomic E-state index is 12.3. The SMILES string of the molecule is O=C(C[C@H](O)C(=O)N(O)[C@H](CO)CCC1CCCCC1)NCC#Cc1ccc(Cl)cc1. The molecule has 0 spiro atoms. The first-order chi connectivity index (χ1) is 14.9. The lowest BCUT2D eigenvalue weighted by Gasteiger charge is -2.28. The Morgan fingerprint density at radius 3 is 2.52 bits per heavy atom. The Morgan fingerprint density at radius 2 is 1.87 bits per heavy atom. The minimum atomic E-state index is -1.70. The summed E-state index contributed by atoms with van der Waals surface area (Å²) in [7, 11) is 0. The summed E-state index contributed by atoms with van der Waals surface area (Å²) in [6, 6.07) is 6.13. The normalized spacial score (nSPS) is 16.0. The van der Waals surface area contributed by atoms with Crippen LogP contribution in [-0.2, 0) is 9.59 Å². The molecule has 0 heterocycles. The zero-order chi connectivity index (χ0) is 22.6. The van der Waals surface area contributed by atoms with Gasteiger partial charge in [0, 0.05) is 10.6 Å². The Labute approximate surface area is 188 Å². The topological polar surface area (TPSA) is 110 Å². The fourth-order valence-electron chi connectivity index (χ4n) is 3.68. The molecule has 1 aromatic carbocycles. The average molecular weight is 451 g/mol. The van der Waals surface area contributed by atoms with Gasteiger partial charge in [0.2, 0.25) is 5.91 Å². The van der Waals surface area contributed by atoms with E-state index in [2.05, 4.69) is 17.2 Å². The van der Waals surface area contributed by atoms with Crippen molar-refractivity contribution in [1.82, 2.24) is 10.4 Å². The molecule has 8 heteroatoms. The third kappa shape index (κ3) is 8.88. The molecule has 1 aliphatic rings. The lowest BCUT2D eigenvalue weighted by Crippen LogP contribution is -2.46. The van der Waals surface area contributed by atoms with Crippen LogP contribution in [0.1, 0.15) is 56.9 Å². The molecule has 0 aliphatic heterocycles. The second-order valence-electron chi connectivity index (χ2n) is 7.91. The summed E-state index contributed by atoms with van der Waals surface area (Å²) in [4.78, 5) is 24.2. The molecule has 1 fully saturated rings. The summed E-state index contributed by atoms with van der Waals surface area (Å²) in [6.45, 7) is -0.361. The Hall–Kier alpha value is -2.11. The van der Waals surface area contributed by atoms with Gasteiger partial charge in [-0.25, -0.2) is 5.06 Å². The highest BCUT2D eigenvalue weighted by Crippen LogP contribution is 2.28. The van der Waals surface area contributed by atoms with Crippen LogP contribution in [0.5, 0.6) is 0 Å². The zero-order valence-electron chi connectivity index (χ0n) is 17.6. The summed E-state index contributed by atoms with van der Waals surface area (Å²) in [5, 5.41) is 33.2. The standard InChI is InChI=1S/C23H31ClN2O5/c24-19-11-8-18(9-12-19)7-4-14-25-22(29)15-21(28)23(30)26(31)20(16-27)13-10-17-5-2-1-3-6-17/h8-9,11-12,17,20-21,27-28,31H,1-3,5-6,10,13-16H2,(H,25,29)/t20-,21-/m0/s1. The number of halogens is 1. The molecule has 0 bridgehead atoms. The number of nitrogens with zero attached hydrogens (tertiary/aromatic N) is 1. The summed E-state index contributed by atoms with van der Waals surface area (Å²) in [5.41, 5.74) is 0.744. The molecule has 2 amide bonds. The number of aliphatic hydroxyl groups is 2. The fourth-order valence-corrected chi connectivity index (χ4v) is 3.81. The molecule has 0 unspecified atom stereocenters. The van der Waals surface area contributed by atoms with Gasteiger partial charge >= 0.3 is 0 Å². The molecule has 1 aliphatic carbocycles. The van der Waals surface area contributed by atoms with Gasteiger partial charge in [-0.15, -0.1) is 0 Å². The number of carbonyl (C=O) groups excluding carboxylic acids is 2. The van der Waals surface area contributed by atoms with E-state index in [0.717, 1.165) is 24.8 Å². The molecule has 31 heavy (non-hydrogen) atoms. The van der Waals surface area contributed by atoms with Crippen LogP contribution in [0.15, 0.2) is 24.3 Å². The summed E-state index contributed by atoms with van der Waals surface area (Å²) in [6.07, 6.45) is 4.93. The predicted octanol–water partition coefficient (Wildman–Crippen LogP) is 2.50. The third-order valence-electron chi connectivity index (χ3n) is 5.53. The summed E-state index contributed by atoms with van der Waals surface area (Å²) in [5.74, 6) is 4.60. The van der Waals surface area contributed by atoms with E-state index < -0.39 is 37.0 Å². The second kappa shape index (κ2) is 13.3. The van der Waals surface area contributed by atoms with E-state index in [1.54, 1.807) is 24.3 Å². The molecular weight excluding hydrogens is 420 g/mol. The van der Waals surface area contributed by atoms with Crippen molar-refractivity contribution in [1.29, 1.82) is 0 Å². The molecule has 2 atom stereocenters. The van der Waals surface area contributed by atoms with E-state index in [1.807, 2.05) is 0 Å². The van der Waals surface area contributed by atoms with Gasteiger partial charge in [-0.2, -0.15) is 0 Å². The van der Waals surface area contributed by atoms with Crippen LogP contribution in [0.3, 0.4) is 0 Å². The van der Waals surface area contributed by atoms with Crippen molar-refractivity contribution < 1.29 is 25.0 Å². The summed E-state index contributed by atoms with van der Waals surface area (Å²) < 4.78 is 0. The number of nitrogens with one attached hydrogen (secondary N) is 1. The largest absolute Gasteiger partial charge is 0.394 e. The predicted molar refractivity (Wildman–Crippen MR) is 117 cm³/mol. The van der Waals surface area contributed by atoms with E-state index in [-0.39, 0.29) is 6.54 Å². The van der Waals surface area contributed by atoms with Gasteiger partial charge in [0.05, 0.1) is 25.6 Å². The lowest BCUT2D eigenvalue weighted by atomic mass is 9.85. The molecule has 4 N–H and O–H groups in total. The van der Waals surface area contributed by atoms with E-state index in [0.29, 0.717) is 22.4 Å². The van der Waals surface area contributed by atoms with Crippen LogP contribution < -0.4 is 5.32 Å². The van der Waals surface area contributed by atoms with Gasteiger partial charge in [-0.1, -0.05) is 55.5 Å². The van der Waals surface area contributed by atoms with Gasteiger partial charge in [0.15, 0.2) is 0 Å². The molecule has 0 aromatic heterocycles. The summed E-state index contributed by atoms with van der Waals surface area (Å²) >= 11 is 5.80. The van der Waals surface area contributed by atoms with Crippen LogP contribution in [0.25, 0.3) is 0 Å². The highest BCUT2D eigenvalue weighted by molar-refractivity contribution is 6.30. The van der Waals surface area contributed by atoms with E-state index in [4.69, 9.17) is 11.6 Å². The second-order valence-corrected chi connectivity index (χ2v) is 8.34. The maximum atomic E-state index is 12.3. The van der Waals surface area contributed by atoms with E-state index >= 15 is 0 Å². The van der Waals surface area contributed by atoms with Crippen molar-refractivity contribution in [2.24, 2.45) is 5.92 Å². The average Bonchev–Trinajstić information content (AvgIpc) is 2.78. The lowest BCUT2D eigenvalue weighted by molar-refractivity contribution is -0.189. The Balaban J connectivity index is 1.74. The Bertz CT molecular complexity index is 768. The van der Waals surface area contributed by atoms with Crippen molar-refractivity contribution in [2.45, 2.75) is 63.5 Å². The Kier molecular flexibility index (Phi) is 10.8. The van der Waals surface area contributed by atoms with E-state index in [9.17, 15) is 25.0 Å². The number of hydrogen-bond donors (Lipinski definition) is 4. The first-order valence-corrected chi connectivity index (χ1v) is 11.1.